The van der Waals surface area contributed by atoms with Gasteiger partial charge in [-0.3, -0.25) is 9.59 Å². The molecule has 8 nitrogen and oxygen atoms in total. The van der Waals surface area contributed by atoms with Gasteiger partial charge in [0, 0.05) is 44.8 Å². The molecular weight excluding hydrogens is 394 g/mol. The van der Waals surface area contributed by atoms with E-state index in [0.29, 0.717) is 47.9 Å². The molecular formula is C20H20ClN5O3. The largest absolute Gasteiger partial charge is 0.480 e. The Morgan fingerprint density at radius 1 is 1.14 bits per heavy atom. The highest BCUT2D eigenvalue weighted by atomic mass is 35.5. The molecule has 1 aromatic carbocycles. The molecule has 0 radical (unpaired) electrons. The molecule has 9 heteroatoms. The van der Waals surface area contributed by atoms with Crippen LogP contribution in [0.2, 0.25) is 5.02 Å². The van der Waals surface area contributed by atoms with E-state index in [4.69, 9.17) is 16.3 Å². The predicted molar refractivity (Wildman–Crippen MR) is 111 cm³/mol. The number of anilines is 1. The third-order valence-corrected chi connectivity index (χ3v) is 5.27. The standard InChI is InChI=1S/C20H20ClN5O3/c1-24-19(27)15-6-4-3-5-14(15)17(23-24)20(28)26-9-7-25(8-10-26)16-11-13(21)12-22-18(16)29-2/h3-6,11-12H,7-10H2,1-2H3. The van der Waals surface area contributed by atoms with Gasteiger partial charge < -0.3 is 14.5 Å². The van der Waals surface area contributed by atoms with Crippen molar-refractivity contribution in [2.75, 3.05) is 38.2 Å². The lowest BCUT2D eigenvalue weighted by Gasteiger charge is -2.36. The molecule has 1 amide bonds. The lowest BCUT2D eigenvalue weighted by Crippen LogP contribution is -2.49. The summed E-state index contributed by atoms with van der Waals surface area (Å²) in [7, 11) is 3.12. The number of hydrogen-bond acceptors (Lipinski definition) is 6. The molecule has 0 atom stereocenters. The SMILES string of the molecule is COc1ncc(Cl)cc1N1CCN(C(=O)c2nn(C)c(=O)c3ccccc23)CC1. The summed E-state index contributed by atoms with van der Waals surface area (Å²) in [5.74, 6) is 0.313. The highest BCUT2D eigenvalue weighted by molar-refractivity contribution is 6.30. The van der Waals surface area contributed by atoms with Crippen LogP contribution >= 0.6 is 11.6 Å². The maximum absolute atomic E-state index is 13.2. The quantitative estimate of drug-likeness (QED) is 0.653. The van der Waals surface area contributed by atoms with E-state index in [1.54, 1.807) is 49.5 Å². The Morgan fingerprint density at radius 3 is 2.52 bits per heavy atom. The molecule has 3 heterocycles. The van der Waals surface area contributed by atoms with Crippen LogP contribution in [0.3, 0.4) is 0 Å². The van der Waals surface area contributed by atoms with Gasteiger partial charge in [0.2, 0.25) is 5.88 Å². The second kappa shape index (κ2) is 7.71. The number of halogens is 1. The molecule has 29 heavy (non-hydrogen) atoms. The fraction of sp³-hybridized carbons (Fsp3) is 0.300. The van der Waals surface area contributed by atoms with Crippen LogP contribution in [0.1, 0.15) is 10.5 Å². The minimum atomic E-state index is -0.220. The van der Waals surface area contributed by atoms with Crippen LogP contribution in [0, 0.1) is 0 Å². The smallest absolute Gasteiger partial charge is 0.275 e. The van der Waals surface area contributed by atoms with Crippen LogP contribution in [0.5, 0.6) is 5.88 Å². The zero-order valence-corrected chi connectivity index (χ0v) is 16.9. The molecule has 0 unspecified atom stereocenters. The Bertz CT molecular complexity index is 1140. The number of rotatable bonds is 3. The van der Waals surface area contributed by atoms with E-state index in [2.05, 4.69) is 15.0 Å². The zero-order valence-electron chi connectivity index (χ0n) is 16.1. The number of amides is 1. The number of hydrogen-bond donors (Lipinski definition) is 0. The van der Waals surface area contributed by atoms with Gasteiger partial charge >= 0.3 is 0 Å². The fourth-order valence-corrected chi connectivity index (χ4v) is 3.71. The van der Waals surface area contributed by atoms with E-state index in [0.717, 1.165) is 5.69 Å². The normalized spacial score (nSPS) is 14.3. The topological polar surface area (TPSA) is 80.6 Å². The van der Waals surface area contributed by atoms with Crippen molar-refractivity contribution in [1.82, 2.24) is 19.7 Å². The Balaban J connectivity index is 1.58. The minimum Gasteiger partial charge on any atom is -0.480 e. The van der Waals surface area contributed by atoms with Crippen LogP contribution < -0.4 is 15.2 Å². The Kier molecular flexibility index (Phi) is 5.10. The number of carbonyl (C=O) groups is 1. The first kappa shape index (κ1) is 19.2. The Morgan fingerprint density at radius 2 is 1.83 bits per heavy atom. The molecule has 0 saturated carbocycles. The van der Waals surface area contributed by atoms with Gasteiger partial charge in [0.05, 0.1) is 17.5 Å². The molecule has 0 N–H and O–H groups in total. The number of aromatic nitrogens is 3. The van der Waals surface area contributed by atoms with Gasteiger partial charge in [0.15, 0.2) is 5.69 Å². The molecule has 2 aromatic heterocycles. The van der Waals surface area contributed by atoms with Crippen molar-refractivity contribution in [3.8, 4) is 5.88 Å². The van der Waals surface area contributed by atoms with Gasteiger partial charge in [0.1, 0.15) is 5.69 Å². The number of benzene rings is 1. The van der Waals surface area contributed by atoms with Gasteiger partial charge in [-0.05, 0) is 12.1 Å². The molecule has 1 saturated heterocycles. The van der Waals surface area contributed by atoms with Crippen molar-refractivity contribution < 1.29 is 9.53 Å². The minimum absolute atomic E-state index is 0.187. The van der Waals surface area contributed by atoms with Crippen LogP contribution in [0.4, 0.5) is 5.69 Å². The Hall–Kier alpha value is -3.13. The summed E-state index contributed by atoms with van der Waals surface area (Å²) in [6, 6.07) is 8.87. The molecule has 0 bridgehead atoms. The van der Waals surface area contributed by atoms with Gasteiger partial charge in [-0.15, -0.1) is 0 Å². The van der Waals surface area contributed by atoms with Crippen molar-refractivity contribution in [2.45, 2.75) is 0 Å². The predicted octanol–water partition coefficient (Wildman–Crippen LogP) is 1.95. The lowest BCUT2D eigenvalue weighted by atomic mass is 10.1. The van der Waals surface area contributed by atoms with Crippen LogP contribution in [-0.2, 0) is 7.05 Å². The molecule has 1 fully saturated rings. The summed E-state index contributed by atoms with van der Waals surface area (Å²) >= 11 is 6.09. The lowest BCUT2D eigenvalue weighted by molar-refractivity contribution is 0.0740. The molecule has 0 spiro atoms. The van der Waals surface area contributed by atoms with E-state index < -0.39 is 0 Å². The average Bonchev–Trinajstić information content (AvgIpc) is 2.76. The summed E-state index contributed by atoms with van der Waals surface area (Å²) in [4.78, 5) is 33.5. The first-order valence-corrected chi connectivity index (χ1v) is 9.57. The number of ether oxygens (including phenoxy) is 1. The van der Waals surface area contributed by atoms with E-state index in [-0.39, 0.29) is 17.2 Å². The fourth-order valence-electron chi connectivity index (χ4n) is 3.56. The molecule has 3 aromatic rings. The van der Waals surface area contributed by atoms with Gasteiger partial charge in [0.25, 0.3) is 11.5 Å². The highest BCUT2D eigenvalue weighted by Crippen LogP contribution is 2.29. The molecule has 4 rings (SSSR count). The zero-order chi connectivity index (χ0) is 20.5. The maximum atomic E-state index is 13.2. The number of piperazine rings is 1. The number of methoxy groups -OCH3 is 1. The molecule has 0 aliphatic carbocycles. The number of fused-ring (bicyclic) bond motifs is 1. The average molecular weight is 414 g/mol. The van der Waals surface area contributed by atoms with E-state index in [1.807, 2.05) is 6.07 Å². The number of pyridine rings is 1. The number of aryl methyl sites for hydroxylation is 1. The Labute approximate surface area is 172 Å². The summed E-state index contributed by atoms with van der Waals surface area (Å²) in [6.07, 6.45) is 1.54. The second-order valence-electron chi connectivity index (χ2n) is 6.78. The van der Waals surface area contributed by atoms with Crippen LogP contribution in [0.25, 0.3) is 10.8 Å². The second-order valence-corrected chi connectivity index (χ2v) is 7.22. The third-order valence-electron chi connectivity index (χ3n) is 5.06. The highest BCUT2D eigenvalue weighted by Gasteiger charge is 2.27. The van der Waals surface area contributed by atoms with Gasteiger partial charge in [-0.1, -0.05) is 29.8 Å². The molecule has 150 valence electrons. The van der Waals surface area contributed by atoms with E-state index >= 15 is 0 Å². The van der Waals surface area contributed by atoms with Crippen molar-refractivity contribution in [3.05, 3.63) is 57.6 Å². The van der Waals surface area contributed by atoms with Crippen molar-refractivity contribution in [3.63, 3.8) is 0 Å². The van der Waals surface area contributed by atoms with Crippen LogP contribution in [0.15, 0.2) is 41.3 Å². The first-order chi connectivity index (χ1) is 14.0. The first-order valence-electron chi connectivity index (χ1n) is 9.19. The van der Waals surface area contributed by atoms with Crippen LogP contribution in [-0.4, -0.2) is 58.9 Å². The summed E-state index contributed by atoms with van der Waals surface area (Å²) in [6.45, 7) is 2.22. The van der Waals surface area contributed by atoms with Crippen molar-refractivity contribution in [1.29, 1.82) is 0 Å². The van der Waals surface area contributed by atoms with Crippen molar-refractivity contribution >= 4 is 34.0 Å². The third kappa shape index (κ3) is 3.51. The number of nitrogens with zero attached hydrogens (tertiary/aromatic N) is 5. The summed E-state index contributed by atoms with van der Waals surface area (Å²) in [5.41, 5.74) is 0.874. The molecule has 1 aliphatic heterocycles. The van der Waals surface area contributed by atoms with E-state index in [1.165, 1.54) is 4.68 Å². The molecule has 1 aliphatic rings. The van der Waals surface area contributed by atoms with E-state index in [9.17, 15) is 9.59 Å². The van der Waals surface area contributed by atoms with Gasteiger partial charge in [-0.25, -0.2) is 9.67 Å². The summed E-state index contributed by atoms with van der Waals surface area (Å²) in [5, 5.41) is 5.83. The van der Waals surface area contributed by atoms with Gasteiger partial charge in [-0.2, -0.15) is 5.10 Å². The summed E-state index contributed by atoms with van der Waals surface area (Å²) < 4.78 is 6.55. The van der Waals surface area contributed by atoms with Crippen molar-refractivity contribution in [2.24, 2.45) is 7.05 Å². The monoisotopic (exact) mass is 413 g/mol. The maximum Gasteiger partial charge on any atom is 0.275 e. The number of carbonyl (C=O) groups excluding carboxylic acids is 1.